The molecule has 0 amide bonds. The zero-order chi connectivity index (χ0) is 11.4. The highest BCUT2D eigenvalue weighted by Crippen LogP contribution is 2.11. The number of thiophene rings is 1. The average molecular weight is 235 g/mol. The standard InChI is InChI=1S/C12H17N3S/c1-10(11(2)15-6-3-5-14-15)13-8-12-4-7-16-9-12/h3-7,9-11,13H,8H2,1-2H3/t10-,11+/m1/s1. The quantitative estimate of drug-likeness (QED) is 0.863. The predicted octanol–water partition coefficient (Wildman–Crippen LogP) is 2.68. The highest BCUT2D eigenvalue weighted by Gasteiger charge is 2.13. The number of nitrogens with zero attached hydrogens (tertiary/aromatic N) is 2. The fourth-order valence-electron chi connectivity index (χ4n) is 1.59. The van der Waals surface area contributed by atoms with Crippen molar-refractivity contribution in [3.63, 3.8) is 0 Å². The van der Waals surface area contributed by atoms with E-state index in [2.05, 4.69) is 41.1 Å². The van der Waals surface area contributed by atoms with Gasteiger partial charge in [0.1, 0.15) is 0 Å². The van der Waals surface area contributed by atoms with Crippen LogP contribution in [0.3, 0.4) is 0 Å². The van der Waals surface area contributed by atoms with Gasteiger partial charge in [0.2, 0.25) is 0 Å². The molecule has 0 saturated heterocycles. The van der Waals surface area contributed by atoms with Gasteiger partial charge in [-0.15, -0.1) is 0 Å². The van der Waals surface area contributed by atoms with Crippen LogP contribution < -0.4 is 5.32 Å². The zero-order valence-corrected chi connectivity index (χ0v) is 10.4. The molecule has 2 heterocycles. The van der Waals surface area contributed by atoms with Crippen LogP contribution in [0.1, 0.15) is 25.5 Å². The molecule has 1 N–H and O–H groups in total. The van der Waals surface area contributed by atoms with Crippen LogP contribution >= 0.6 is 11.3 Å². The van der Waals surface area contributed by atoms with Crippen molar-refractivity contribution in [2.24, 2.45) is 0 Å². The fraction of sp³-hybridized carbons (Fsp3) is 0.417. The van der Waals surface area contributed by atoms with E-state index in [-0.39, 0.29) is 0 Å². The Morgan fingerprint density at radius 2 is 2.38 bits per heavy atom. The Hall–Kier alpha value is -1.13. The maximum absolute atomic E-state index is 4.26. The minimum Gasteiger partial charge on any atom is -0.308 e. The van der Waals surface area contributed by atoms with Gasteiger partial charge in [-0.3, -0.25) is 4.68 Å². The topological polar surface area (TPSA) is 29.9 Å². The highest BCUT2D eigenvalue weighted by molar-refractivity contribution is 7.07. The van der Waals surface area contributed by atoms with Gasteiger partial charge in [0, 0.05) is 25.0 Å². The van der Waals surface area contributed by atoms with Crippen molar-refractivity contribution >= 4 is 11.3 Å². The molecule has 0 saturated carbocycles. The number of rotatable bonds is 5. The van der Waals surface area contributed by atoms with Gasteiger partial charge in [-0.2, -0.15) is 16.4 Å². The lowest BCUT2D eigenvalue weighted by Gasteiger charge is -2.21. The Balaban J connectivity index is 1.86. The normalized spacial score (nSPS) is 14.9. The van der Waals surface area contributed by atoms with E-state index in [9.17, 15) is 0 Å². The summed E-state index contributed by atoms with van der Waals surface area (Å²) in [6.07, 6.45) is 3.83. The number of nitrogens with one attached hydrogen (secondary N) is 1. The predicted molar refractivity (Wildman–Crippen MR) is 67.6 cm³/mol. The lowest BCUT2D eigenvalue weighted by atomic mass is 10.1. The molecule has 0 aliphatic carbocycles. The Bertz CT molecular complexity index is 394. The number of hydrogen-bond donors (Lipinski definition) is 1. The van der Waals surface area contributed by atoms with E-state index < -0.39 is 0 Å². The molecule has 3 nitrogen and oxygen atoms in total. The molecule has 16 heavy (non-hydrogen) atoms. The van der Waals surface area contributed by atoms with Crippen LogP contribution in [0.15, 0.2) is 35.3 Å². The maximum atomic E-state index is 4.26. The van der Waals surface area contributed by atoms with Gasteiger partial charge in [0.15, 0.2) is 0 Å². The van der Waals surface area contributed by atoms with E-state index >= 15 is 0 Å². The van der Waals surface area contributed by atoms with Gasteiger partial charge in [-0.1, -0.05) is 0 Å². The van der Waals surface area contributed by atoms with E-state index in [1.165, 1.54) is 5.56 Å². The van der Waals surface area contributed by atoms with Crippen molar-refractivity contribution in [3.8, 4) is 0 Å². The summed E-state index contributed by atoms with van der Waals surface area (Å²) < 4.78 is 1.99. The molecule has 2 rings (SSSR count). The molecule has 0 fully saturated rings. The van der Waals surface area contributed by atoms with Crippen LogP contribution in [-0.2, 0) is 6.54 Å². The summed E-state index contributed by atoms with van der Waals surface area (Å²) in [6.45, 7) is 5.30. The Labute approximate surface area is 100 Å². The summed E-state index contributed by atoms with van der Waals surface area (Å²) in [5, 5.41) is 12.1. The lowest BCUT2D eigenvalue weighted by Crippen LogP contribution is -2.33. The average Bonchev–Trinajstić information content (AvgIpc) is 2.96. The van der Waals surface area contributed by atoms with Crippen molar-refractivity contribution in [1.29, 1.82) is 0 Å². The summed E-state index contributed by atoms with van der Waals surface area (Å²) in [5.74, 6) is 0. The number of hydrogen-bond acceptors (Lipinski definition) is 3. The Morgan fingerprint density at radius 3 is 3.00 bits per heavy atom. The monoisotopic (exact) mass is 235 g/mol. The smallest absolute Gasteiger partial charge is 0.0641 e. The molecule has 2 aromatic rings. The van der Waals surface area contributed by atoms with Crippen molar-refractivity contribution in [2.45, 2.75) is 32.5 Å². The van der Waals surface area contributed by atoms with Gasteiger partial charge >= 0.3 is 0 Å². The summed E-state index contributed by atoms with van der Waals surface area (Å²) in [4.78, 5) is 0. The summed E-state index contributed by atoms with van der Waals surface area (Å²) in [5.41, 5.74) is 1.35. The molecule has 4 heteroatoms. The molecule has 0 aromatic carbocycles. The zero-order valence-electron chi connectivity index (χ0n) is 9.63. The molecule has 0 aliphatic rings. The van der Waals surface area contributed by atoms with Crippen LogP contribution in [0.5, 0.6) is 0 Å². The van der Waals surface area contributed by atoms with Gasteiger partial charge < -0.3 is 5.32 Å². The molecule has 0 radical (unpaired) electrons. The minimum absolute atomic E-state index is 0.369. The van der Waals surface area contributed by atoms with Crippen LogP contribution in [0.2, 0.25) is 0 Å². The molecule has 2 atom stereocenters. The molecular weight excluding hydrogens is 218 g/mol. The van der Waals surface area contributed by atoms with Gasteiger partial charge in [-0.05, 0) is 42.3 Å². The molecular formula is C12H17N3S. The van der Waals surface area contributed by atoms with Crippen LogP contribution in [0.4, 0.5) is 0 Å². The third-order valence-electron chi connectivity index (χ3n) is 2.87. The van der Waals surface area contributed by atoms with E-state index in [4.69, 9.17) is 0 Å². The SMILES string of the molecule is C[C@@H](NCc1ccsc1)[C@H](C)n1cccn1. The van der Waals surface area contributed by atoms with Crippen LogP contribution in [-0.4, -0.2) is 15.8 Å². The molecule has 86 valence electrons. The maximum Gasteiger partial charge on any atom is 0.0641 e. The van der Waals surface area contributed by atoms with Gasteiger partial charge in [-0.25, -0.2) is 0 Å². The minimum atomic E-state index is 0.369. The van der Waals surface area contributed by atoms with Crippen molar-refractivity contribution in [2.75, 3.05) is 0 Å². The fourth-order valence-corrected chi connectivity index (χ4v) is 2.26. The van der Waals surface area contributed by atoms with Crippen molar-refractivity contribution in [1.82, 2.24) is 15.1 Å². The molecule has 0 aliphatic heterocycles. The van der Waals surface area contributed by atoms with Crippen LogP contribution in [0.25, 0.3) is 0 Å². The third-order valence-corrected chi connectivity index (χ3v) is 3.61. The molecule has 0 spiro atoms. The van der Waals surface area contributed by atoms with E-state index in [0.29, 0.717) is 12.1 Å². The summed E-state index contributed by atoms with van der Waals surface area (Å²) in [7, 11) is 0. The Kier molecular flexibility index (Phi) is 3.74. The van der Waals surface area contributed by atoms with Crippen molar-refractivity contribution < 1.29 is 0 Å². The van der Waals surface area contributed by atoms with Gasteiger partial charge in [0.05, 0.1) is 6.04 Å². The second kappa shape index (κ2) is 5.27. The first kappa shape index (κ1) is 11.4. The number of aromatic nitrogens is 2. The molecule has 0 unspecified atom stereocenters. The Morgan fingerprint density at radius 1 is 1.50 bits per heavy atom. The van der Waals surface area contributed by atoms with E-state index in [1.54, 1.807) is 11.3 Å². The second-order valence-electron chi connectivity index (χ2n) is 4.03. The van der Waals surface area contributed by atoms with Gasteiger partial charge in [0.25, 0.3) is 0 Å². The van der Waals surface area contributed by atoms with E-state index in [0.717, 1.165) is 6.54 Å². The first-order valence-corrected chi connectivity index (χ1v) is 6.45. The third kappa shape index (κ3) is 2.71. The summed E-state index contributed by atoms with van der Waals surface area (Å²) in [6, 6.07) is 4.89. The molecule has 0 bridgehead atoms. The van der Waals surface area contributed by atoms with Crippen molar-refractivity contribution in [3.05, 3.63) is 40.8 Å². The molecule has 2 aromatic heterocycles. The largest absolute Gasteiger partial charge is 0.308 e. The summed E-state index contributed by atoms with van der Waals surface area (Å²) >= 11 is 1.74. The van der Waals surface area contributed by atoms with Crippen LogP contribution in [0, 0.1) is 0 Å². The first-order chi connectivity index (χ1) is 7.77. The first-order valence-electron chi connectivity index (χ1n) is 5.51. The van der Waals surface area contributed by atoms with E-state index in [1.807, 2.05) is 23.1 Å². The highest BCUT2D eigenvalue weighted by atomic mass is 32.1. The lowest BCUT2D eigenvalue weighted by molar-refractivity contribution is 0.365. The second-order valence-corrected chi connectivity index (χ2v) is 4.81.